The van der Waals surface area contributed by atoms with Crippen LogP contribution in [0.3, 0.4) is 0 Å². The van der Waals surface area contributed by atoms with Crippen molar-refractivity contribution < 1.29 is 19.1 Å². The van der Waals surface area contributed by atoms with Gasteiger partial charge in [-0.05, 0) is 38.5 Å². The van der Waals surface area contributed by atoms with E-state index in [2.05, 4.69) is 6.58 Å². The molecular weight excluding hydrogens is 328 g/mol. The first-order chi connectivity index (χ1) is 11.7. The van der Waals surface area contributed by atoms with Crippen molar-refractivity contribution in [3.8, 4) is 0 Å². The Morgan fingerprint density at radius 3 is 1.79 bits per heavy atom. The molecule has 0 aliphatic heterocycles. The van der Waals surface area contributed by atoms with E-state index in [0.29, 0.717) is 19.6 Å². The fourth-order valence-corrected chi connectivity index (χ4v) is 2.38. The van der Waals surface area contributed by atoms with E-state index in [0.717, 1.165) is 50.8 Å². The summed E-state index contributed by atoms with van der Waals surface area (Å²) in [7, 11) is 0. The maximum Gasteiger partial charge on any atom is 0.305 e. The highest BCUT2D eigenvalue weighted by molar-refractivity contribution is 6.17. The zero-order valence-corrected chi connectivity index (χ0v) is 15.7. The molecule has 0 N–H and O–H groups in total. The molecule has 0 heterocycles. The third-order valence-corrected chi connectivity index (χ3v) is 3.89. The highest BCUT2D eigenvalue weighted by Crippen LogP contribution is 2.07. The molecule has 0 saturated heterocycles. The second-order valence-corrected chi connectivity index (χ2v) is 6.27. The molecule has 0 aliphatic rings. The molecule has 0 aliphatic carbocycles. The number of rotatable bonds is 17. The number of carbonyl (C=O) groups excluding carboxylic acids is 2. The molecule has 0 aromatic rings. The first-order valence-corrected chi connectivity index (χ1v) is 9.72. The van der Waals surface area contributed by atoms with E-state index in [9.17, 15) is 9.59 Å². The topological polar surface area (TPSA) is 52.6 Å². The minimum atomic E-state index is -0.238. The van der Waals surface area contributed by atoms with Crippen LogP contribution in [0, 0.1) is 0 Å². The van der Waals surface area contributed by atoms with Crippen molar-refractivity contribution in [1.29, 1.82) is 0 Å². The number of carbonyl (C=O) groups is 2. The monoisotopic (exact) mass is 360 g/mol. The molecular formula is C19H33ClO4. The molecule has 5 heteroatoms. The Labute approximate surface area is 151 Å². The van der Waals surface area contributed by atoms with E-state index in [4.69, 9.17) is 21.1 Å². The Balaban J connectivity index is 3.33. The Morgan fingerprint density at radius 1 is 0.750 bits per heavy atom. The molecule has 0 rings (SSSR count). The number of hydrogen-bond donors (Lipinski definition) is 0. The van der Waals surface area contributed by atoms with E-state index in [1.165, 1.54) is 12.8 Å². The largest absolute Gasteiger partial charge is 0.466 e. The van der Waals surface area contributed by atoms with Gasteiger partial charge in [-0.15, -0.1) is 18.2 Å². The smallest absolute Gasteiger partial charge is 0.305 e. The fraction of sp³-hybridized carbons (Fsp3) is 0.789. The van der Waals surface area contributed by atoms with Gasteiger partial charge in [0.05, 0.1) is 13.2 Å². The lowest BCUT2D eigenvalue weighted by Crippen LogP contribution is -2.09. The van der Waals surface area contributed by atoms with E-state index in [1.54, 1.807) is 0 Å². The van der Waals surface area contributed by atoms with Crippen LogP contribution in [-0.4, -0.2) is 31.0 Å². The van der Waals surface area contributed by atoms with Gasteiger partial charge in [-0.3, -0.25) is 9.59 Å². The molecule has 24 heavy (non-hydrogen) atoms. The van der Waals surface area contributed by atoms with Crippen molar-refractivity contribution in [3.05, 3.63) is 12.7 Å². The van der Waals surface area contributed by atoms with E-state index in [1.807, 2.05) is 6.08 Å². The van der Waals surface area contributed by atoms with Crippen LogP contribution in [0.5, 0.6) is 0 Å². The van der Waals surface area contributed by atoms with Gasteiger partial charge in [-0.1, -0.05) is 31.8 Å². The number of alkyl halides is 1. The maximum absolute atomic E-state index is 11.5. The molecule has 140 valence electrons. The maximum atomic E-state index is 11.5. The number of ether oxygens (including phenoxy) is 2. The van der Waals surface area contributed by atoms with Crippen LogP contribution in [0.25, 0.3) is 0 Å². The molecule has 0 unspecified atom stereocenters. The van der Waals surface area contributed by atoms with Crippen LogP contribution in [0.4, 0.5) is 0 Å². The molecule has 0 amide bonds. The lowest BCUT2D eigenvalue weighted by Gasteiger charge is -2.06. The van der Waals surface area contributed by atoms with E-state index in [-0.39, 0.29) is 24.8 Å². The quantitative estimate of drug-likeness (QED) is 0.155. The fourth-order valence-electron chi connectivity index (χ4n) is 2.19. The summed E-state index contributed by atoms with van der Waals surface area (Å²) >= 11 is 5.61. The van der Waals surface area contributed by atoms with Gasteiger partial charge in [0, 0.05) is 18.7 Å². The minimum absolute atomic E-state index is 0.226. The van der Waals surface area contributed by atoms with Crippen LogP contribution in [0.1, 0.15) is 77.0 Å². The predicted molar refractivity (Wildman–Crippen MR) is 98.2 cm³/mol. The Hall–Kier alpha value is -1.03. The van der Waals surface area contributed by atoms with Crippen molar-refractivity contribution in [2.45, 2.75) is 77.0 Å². The van der Waals surface area contributed by atoms with Gasteiger partial charge < -0.3 is 9.47 Å². The van der Waals surface area contributed by atoms with Gasteiger partial charge in [-0.2, -0.15) is 0 Å². The van der Waals surface area contributed by atoms with Crippen LogP contribution in [0.15, 0.2) is 12.7 Å². The lowest BCUT2D eigenvalue weighted by atomic mass is 10.1. The Morgan fingerprint density at radius 2 is 1.25 bits per heavy atom. The molecule has 0 radical (unpaired) electrons. The zero-order valence-electron chi connectivity index (χ0n) is 14.9. The van der Waals surface area contributed by atoms with Gasteiger partial charge in [0.25, 0.3) is 0 Å². The van der Waals surface area contributed by atoms with Gasteiger partial charge >= 0.3 is 11.9 Å². The van der Waals surface area contributed by atoms with Crippen LogP contribution in [0.2, 0.25) is 0 Å². The van der Waals surface area contributed by atoms with Crippen LogP contribution >= 0.6 is 11.6 Å². The van der Waals surface area contributed by atoms with Crippen molar-refractivity contribution in [1.82, 2.24) is 0 Å². The molecule has 0 aromatic heterocycles. The summed E-state index contributed by atoms with van der Waals surface area (Å²) < 4.78 is 10.2. The summed E-state index contributed by atoms with van der Waals surface area (Å²) in [4.78, 5) is 23.0. The van der Waals surface area contributed by atoms with Crippen LogP contribution in [-0.2, 0) is 19.1 Å². The third-order valence-electron chi connectivity index (χ3n) is 3.62. The lowest BCUT2D eigenvalue weighted by molar-refractivity contribution is -0.145. The second kappa shape index (κ2) is 18.3. The SMILES string of the molecule is C=CCCCCOC(=O)CCCC(=O)OCCCCCCCCCl. The van der Waals surface area contributed by atoms with Crippen LogP contribution < -0.4 is 0 Å². The second-order valence-electron chi connectivity index (χ2n) is 5.89. The van der Waals surface area contributed by atoms with Gasteiger partial charge in [0.2, 0.25) is 0 Å². The Kier molecular flexibility index (Phi) is 17.5. The van der Waals surface area contributed by atoms with Gasteiger partial charge in [0.1, 0.15) is 0 Å². The number of allylic oxidation sites excluding steroid dienone is 1. The summed E-state index contributed by atoms with van der Waals surface area (Å²) in [5.74, 6) is 0.273. The average Bonchev–Trinajstić information content (AvgIpc) is 2.57. The molecule has 0 fully saturated rings. The van der Waals surface area contributed by atoms with Crippen molar-refractivity contribution >= 4 is 23.5 Å². The summed E-state index contributed by atoms with van der Waals surface area (Å²) in [6.45, 7) is 4.56. The van der Waals surface area contributed by atoms with Crippen molar-refractivity contribution in [2.75, 3.05) is 19.1 Å². The molecule has 0 spiro atoms. The summed E-state index contributed by atoms with van der Waals surface area (Å²) in [6.07, 6.45) is 12.3. The highest BCUT2D eigenvalue weighted by atomic mass is 35.5. The summed E-state index contributed by atoms with van der Waals surface area (Å²) in [5, 5.41) is 0. The van der Waals surface area contributed by atoms with E-state index < -0.39 is 0 Å². The number of halogens is 1. The minimum Gasteiger partial charge on any atom is -0.466 e. The standard InChI is InChI=1S/C19H33ClO4/c1-2-3-4-10-16-23-18(21)13-12-14-19(22)24-17-11-8-6-5-7-9-15-20/h2H,1,3-17H2. The first-order valence-electron chi connectivity index (χ1n) is 9.18. The molecule has 0 bridgehead atoms. The normalized spacial score (nSPS) is 10.4. The summed E-state index contributed by atoms with van der Waals surface area (Å²) in [6, 6.07) is 0. The number of esters is 2. The average molecular weight is 361 g/mol. The third kappa shape index (κ3) is 17.3. The van der Waals surface area contributed by atoms with E-state index >= 15 is 0 Å². The highest BCUT2D eigenvalue weighted by Gasteiger charge is 2.07. The van der Waals surface area contributed by atoms with Crippen molar-refractivity contribution in [2.24, 2.45) is 0 Å². The zero-order chi connectivity index (χ0) is 17.9. The number of hydrogen-bond acceptors (Lipinski definition) is 4. The molecule has 4 nitrogen and oxygen atoms in total. The molecule has 0 aromatic carbocycles. The molecule has 0 saturated carbocycles. The Bertz CT molecular complexity index is 331. The number of unbranched alkanes of at least 4 members (excludes halogenated alkanes) is 7. The predicted octanol–water partition coefficient (Wildman–Crippen LogP) is 5.18. The first kappa shape index (κ1) is 23.0. The van der Waals surface area contributed by atoms with Gasteiger partial charge in [0.15, 0.2) is 0 Å². The van der Waals surface area contributed by atoms with Crippen molar-refractivity contribution in [3.63, 3.8) is 0 Å². The molecule has 0 atom stereocenters. The summed E-state index contributed by atoms with van der Waals surface area (Å²) in [5.41, 5.74) is 0. The van der Waals surface area contributed by atoms with Gasteiger partial charge in [-0.25, -0.2) is 0 Å².